The lowest BCUT2D eigenvalue weighted by molar-refractivity contribution is -0.386. The number of carboxylic acids is 1. The first kappa shape index (κ1) is 101. The van der Waals surface area contributed by atoms with Crippen LogP contribution in [0.15, 0.2) is 24.3 Å². The first-order chi connectivity index (χ1) is 53.4. The molecule has 110 heavy (non-hydrogen) atoms. The van der Waals surface area contributed by atoms with Gasteiger partial charge in [0.2, 0.25) is 11.8 Å². The molecule has 646 valence electrons. The molecule has 0 aliphatic carbocycles. The van der Waals surface area contributed by atoms with Crippen molar-refractivity contribution in [3.8, 4) is 0 Å². The molecule has 0 aromatic carbocycles. The van der Waals surface area contributed by atoms with Crippen LogP contribution in [0.2, 0.25) is 0 Å². The van der Waals surface area contributed by atoms with Gasteiger partial charge in [-0.3, -0.25) is 9.59 Å². The van der Waals surface area contributed by atoms with Crippen molar-refractivity contribution in [2.75, 3.05) is 26.4 Å². The SMILES string of the molecule is CCCCCCCCCCCCCCCCC/C=C\C/C=C\CCCCCCCCCCCCCCCCCCCC(=O)NC(COC1OC(CO)C(OC2OC(CO)C(O)C(OC3(C(=O)O)CC(O)C(NC(C)=O)C(C(O)C(O)CO)O3)C2O)C(O)C1O)C(O)CCCCCCCCCCCCCCCCCCC. The first-order valence-corrected chi connectivity index (χ1v) is 44.7. The minimum Gasteiger partial charge on any atom is -0.477 e. The summed E-state index contributed by atoms with van der Waals surface area (Å²) in [5.74, 6) is -6.09. The first-order valence-electron chi connectivity index (χ1n) is 44.7. The Balaban J connectivity index is 1.40. The summed E-state index contributed by atoms with van der Waals surface area (Å²) in [5.41, 5.74) is 0. The maximum Gasteiger partial charge on any atom is 0.364 e. The van der Waals surface area contributed by atoms with E-state index in [1.54, 1.807) is 0 Å². The predicted molar refractivity (Wildman–Crippen MR) is 431 cm³/mol. The zero-order chi connectivity index (χ0) is 80.3. The van der Waals surface area contributed by atoms with Crippen molar-refractivity contribution in [2.45, 2.75) is 484 Å². The second kappa shape index (κ2) is 65.3. The highest BCUT2D eigenvalue weighted by atomic mass is 16.8. The van der Waals surface area contributed by atoms with Crippen molar-refractivity contribution in [3.05, 3.63) is 24.3 Å². The summed E-state index contributed by atoms with van der Waals surface area (Å²) in [6, 6.07) is -2.53. The van der Waals surface area contributed by atoms with Gasteiger partial charge in [-0.05, 0) is 44.9 Å². The van der Waals surface area contributed by atoms with Crippen molar-refractivity contribution in [2.24, 2.45) is 0 Å². The summed E-state index contributed by atoms with van der Waals surface area (Å²) in [7, 11) is 0. The molecule has 0 bridgehead atoms. The van der Waals surface area contributed by atoms with E-state index < -0.39 is 148 Å². The van der Waals surface area contributed by atoms with Crippen LogP contribution >= 0.6 is 0 Å². The average molecular weight is 1570 g/mol. The summed E-state index contributed by atoms with van der Waals surface area (Å²) in [5, 5.41) is 137. The highest BCUT2D eigenvalue weighted by Crippen LogP contribution is 2.39. The molecule has 0 spiro atoms. The van der Waals surface area contributed by atoms with E-state index in [1.807, 2.05) is 0 Å². The van der Waals surface area contributed by atoms with E-state index in [-0.39, 0.29) is 18.9 Å². The van der Waals surface area contributed by atoms with E-state index >= 15 is 0 Å². The van der Waals surface area contributed by atoms with Crippen LogP contribution in [0.4, 0.5) is 0 Å². The molecule has 14 N–H and O–H groups in total. The van der Waals surface area contributed by atoms with Crippen LogP contribution in [0.1, 0.15) is 374 Å². The normalized spacial score (nSPS) is 25.7. The molecule has 0 aromatic rings. The van der Waals surface area contributed by atoms with Gasteiger partial charge in [0.05, 0.1) is 50.7 Å². The van der Waals surface area contributed by atoms with Crippen molar-refractivity contribution in [1.82, 2.24) is 10.6 Å². The fraction of sp³-hybridized carbons (Fsp3) is 0.920. The minimum atomic E-state index is -3.08. The Kier molecular flexibility index (Phi) is 60.2. The van der Waals surface area contributed by atoms with Gasteiger partial charge < -0.3 is 100 Å². The van der Waals surface area contributed by atoms with Gasteiger partial charge in [0.25, 0.3) is 5.79 Å². The van der Waals surface area contributed by atoms with Gasteiger partial charge in [-0.2, -0.15) is 0 Å². The lowest BCUT2D eigenvalue weighted by Crippen LogP contribution is -2.70. The van der Waals surface area contributed by atoms with Crippen LogP contribution in [0, 0.1) is 0 Å². The van der Waals surface area contributed by atoms with Crippen LogP contribution in [0.3, 0.4) is 0 Å². The molecule has 23 nitrogen and oxygen atoms in total. The molecule has 0 saturated carbocycles. The lowest BCUT2D eigenvalue weighted by atomic mass is 9.88. The second-order valence-corrected chi connectivity index (χ2v) is 32.5. The third-order valence-electron chi connectivity index (χ3n) is 22.7. The van der Waals surface area contributed by atoms with Crippen LogP contribution < -0.4 is 10.6 Å². The van der Waals surface area contributed by atoms with Crippen molar-refractivity contribution in [3.63, 3.8) is 0 Å². The van der Waals surface area contributed by atoms with E-state index in [4.69, 9.17) is 28.4 Å². The van der Waals surface area contributed by atoms with E-state index in [9.17, 15) is 75.7 Å². The Labute approximate surface area is 664 Å². The highest BCUT2D eigenvalue weighted by molar-refractivity contribution is 5.77. The summed E-state index contributed by atoms with van der Waals surface area (Å²) in [6.45, 7) is 2.26. The number of hydrogen-bond donors (Lipinski definition) is 14. The molecular weight excluding hydrogens is 1410 g/mol. The molecule has 23 heteroatoms. The molecule has 3 saturated heterocycles. The number of aliphatic hydroxyl groups excluding tert-OH is 11. The molecular formula is C87H162N2O21. The highest BCUT2D eigenvalue weighted by Gasteiger charge is 2.60. The molecule has 2 amide bonds. The Hall–Kier alpha value is -2.79. The number of ether oxygens (including phenoxy) is 6. The average Bonchev–Trinajstić information content (AvgIpc) is 0.755. The quantitative estimate of drug-likeness (QED) is 0.0199. The van der Waals surface area contributed by atoms with Crippen molar-refractivity contribution >= 4 is 17.8 Å². The number of carboxylic acid groups (broad SMARTS) is 1. The smallest absolute Gasteiger partial charge is 0.364 e. The van der Waals surface area contributed by atoms with Crippen molar-refractivity contribution in [1.29, 1.82) is 0 Å². The number of allylic oxidation sites excluding steroid dienone is 4. The van der Waals surface area contributed by atoms with E-state index in [2.05, 4.69) is 48.8 Å². The van der Waals surface area contributed by atoms with Gasteiger partial charge in [-0.15, -0.1) is 0 Å². The number of aliphatic hydroxyl groups is 11. The number of rotatable bonds is 72. The van der Waals surface area contributed by atoms with Gasteiger partial charge >= 0.3 is 5.97 Å². The number of amides is 2. The number of hydrogen-bond acceptors (Lipinski definition) is 20. The fourth-order valence-electron chi connectivity index (χ4n) is 15.6. The summed E-state index contributed by atoms with van der Waals surface area (Å²) in [6.07, 6.45) is 46.3. The predicted octanol–water partition coefficient (Wildman–Crippen LogP) is 13.9. The van der Waals surface area contributed by atoms with Crippen LogP contribution in [0.5, 0.6) is 0 Å². The number of carbonyl (C=O) groups is 3. The molecule has 3 heterocycles. The second-order valence-electron chi connectivity index (χ2n) is 32.5. The van der Waals surface area contributed by atoms with E-state index in [0.717, 1.165) is 64.7 Å². The fourth-order valence-corrected chi connectivity index (χ4v) is 15.6. The number of unbranched alkanes of at least 4 members (excludes halogenated alkanes) is 48. The molecule has 0 aromatic heterocycles. The van der Waals surface area contributed by atoms with Crippen molar-refractivity contribution < 1.29 is 104 Å². The maximum atomic E-state index is 13.6. The Morgan fingerprint density at radius 1 is 0.473 bits per heavy atom. The van der Waals surface area contributed by atoms with Gasteiger partial charge in [0.15, 0.2) is 12.6 Å². The zero-order valence-electron chi connectivity index (χ0n) is 68.9. The molecule has 3 aliphatic rings. The minimum absolute atomic E-state index is 0.226. The topological polar surface area (TPSA) is 373 Å². The third-order valence-corrected chi connectivity index (χ3v) is 22.7. The summed E-state index contributed by atoms with van der Waals surface area (Å²) in [4.78, 5) is 38.8. The standard InChI is InChI=1S/C87H162N2O21/c1-4-6-8-10-12-14-16-18-20-22-23-24-25-26-27-28-29-30-31-32-33-34-35-36-37-38-39-40-41-42-43-45-47-49-51-53-55-57-59-61-74(97)89-68(69(94)60-58-56-54-52-50-48-46-44-21-19-17-15-13-11-9-7-5-2)66-105-84-79(101)78(100)81(73(65-92)107-84)108-85-80(102)83(77(99)72(64-91)106-85)110-87(86(103)104)62-70(95)75(88-67(3)93)82(109-87)76(98)71(96)63-90/h29-30,32-33,68-73,75-85,90-92,94-96,98-102H,4-28,31,34-66H2,1-3H3,(H,88,93)(H,89,97)(H,103,104)/b30-29-,33-32-. The Morgan fingerprint density at radius 2 is 0.873 bits per heavy atom. The van der Waals surface area contributed by atoms with Crippen LogP contribution in [-0.4, -0.2) is 215 Å². The van der Waals surface area contributed by atoms with E-state index in [1.165, 1.54) is 263 Å². The Bertz CT molecular complexity index is 2270. The monoisotopic (exact) mass is 1570 g/mol. The van der Waals surface area contributed by atoms with Gasteiger partial charge in [0.1, 0.15) is 67.1 Å². The largest absolute Gasteiger partial charge is 0.477 e. The third kappa shape index (κ3) is 44.0. The molecule has 0 radical (unpaired) electrons. The van der Waals surface area contributed by atoms with Gasteiger partial charge in [0, 0.05) is 19.8 Å². The van der Waals surface area contributed by atoms with Crippen LogP contribution in [0.25, 0.3) is 0 Å². The molecule has 3 fully saturated rings. The summed E-state index contributed by atoms with van der Waals surface area (Å²) >= 11 is 0. The maximum absolute atomic E-state index is 13.6. The zero-order valence-corrected chi connectivity index (χ0v) is 68.9. The van der Waals surface area contributed by atoms with Gasteiger partial charge in [-0.25, -0.2) is 4.79 Å². The number of carbonyl (C=O) groups excluding carboxylic acids is 2. The summed E-state index contributed by atoms with van der Waals surface area (Å²) < 4.78 is 35.0. The Morgan fingerprint density at radius 3 is 1.27 bits per heavy atom. The molecule has 18 atom stereocenters. The van der Waals surface area contributed by atoms with Crippen LogP contribution in [-0.2, 0) is 42.8 Å². The molecule has 18 unspecified atom stereocenters. The molecule has 3 aliphatic heterocycles. The number of aliphatic carboxylic acids is 1. The van der Waals surface area contributed by atoms with Gasteiger partial charge in [-0.1, -0.05) is 334 Å². The molecule has 3 rings (SSSR count). The number of nitrogens with one attached hydrogen (secondary N) is 2. The lowest BCUT2D eigenvalue weighted by Gasteiger charge is -2.50. The van der Waals surface area contributed by atoms with E-state index in [0.29, 0.717) is 19.3 Å².